The number of ether oxygens (including phenoxy) is 1. The van der Waals surface area contributed by atoms with Gasteiger partial charge in [-0.05, 0) is 81.1 Å². The Balaban J connectivity index is 2.09. The molecule has 2 atom stereocenters. The summed E-state index contributed by atoms with van der Waals surface area (Å²) in [6, 6.07) is 15.6. The molecule has 248 valence electrons. The number of nitrogens with one attached hydrogen (secondary N) is 2. The topological polar surface area (TPSA) is 128 Å². The summed E-state index contributed by atoms with van der Waals surface area (Å²) in [5, 5.41) is 25.9. The largest absolute Gasteiger partial charge is 0.508 e. The average molecular weight is 652 g/mol. The van der Waals surface area contributed by atoms with Gasteiger partial charge in [-0.1, -0.05) is 80.6 Å². The zero-order valence-electron chi connectivity index (χ0n) is 27.3. The van der Waals surface area contributed by atoms with Crippen LogP contribution in [-0.2, 0) is 20.7 Å². The van der Waals surface area contributed by atoms with E-state index < -0.39 is 35.6 Å². The Labute approximate surface area is 276 Å². The summed E-state index contributed by atoms with van der Waals surface area (Å²) in [5.74, 6) is -0.901. The molecule has 0 radical (unpaired) electrons. The molecule has 9 nitrogen and oxygen atoms in total. The SMILES string of the molecule is CCCCCCCN(C(=O)C(Cc1ccc(O)cc1)NC(=O)OC(C)(C)C)C(C(=O)Nc1c(C)cccc1Cl)c1ccc(O)cc1. The summed E-state index contributed by atoms with van der Waals surface area (Å²) in [7, 11) is 0. The molecular formula is C36H46ClN3O6. The lowest BCUT2D eigenvalue weighted by Gasteiger charge is -2.35. The van der Waals surface area contributed by atoms with Gasteiger partial charge in [-0.25, -0.2) is 4.79 Å². The van der Waals surface area contributed by atoms with Gasteiger partial charge in [0.25, 0.3) is 5.91 Å². The minimum atomic E-state index is -1.13. The smallest absolute Gasteiger partial charge is 0.408 e. The fourth-order valence-corrected chi connectivity index (χ4v) is 5.35. The summed E-state index contributed by atoms with van der Waals surface area (Å²) in [6.07, 6.45) is 3.84. The molecule has 0 aliphatic carbocycles. The van der Waals surface area contributed by atoms with Crippen molar-refractivity contribution >= 4 is 35.2 Å². The molecule has 0 spiro atoms. The molecule has 0 saturated heterocycles. The van der Waals surface area contributed by atoms with Crippen molar-refractivity contribution in [1.82, 2.24) is 10.2 Å². The van der Waals surface area contributed by atoms with Crippen LogP contribution in [0.4, 0.5) is 10.5 Å². The molecule has 2 unspecified atom stereocenters. The molecule has 3 aromatic rings. The summed E-state index contributed by atoms with van der Waals surface area (Å²) >= 11 is 6.47. The van der Waals surface area contributed by atoms with Crippen molar-refractivity contribution in [3.63, 3.8) is 0 Å². The van der Waals surface area contributed by atoms with Crippen LogP contribution in [0.15, 0.2) is 66.7 Å². The van der Waals surface area contributed by atoms with E-state index in [0.29, 0.717) is 28.3 Å². The number of alkyl carbamates (subject to hydrolysis) is 1. The number of para-hydroxylation sites is 1. The number of phenols is 2. The van der Waals surface area contributed by atoms with Crippen LogP contribution in [0.1, 0.15) is 82.5 Å². The van der Waals surface area contributed by atoms with Crippen LogP contribution in [0.25, 0.3) is 0 Å². The van der Waals surface area contributed by atoms with E-state index in [9.17, 15) is 24.6 Å². The highest BCUT2D eigenvalue weighted by atomic mass is 35.5. The number of nitrogens with zero attached hydrogens (tertiary/aromatic N) is 1. The third kappa shape index (κ3) is 11.0. The van der Waals surface area contributed by atoms with Gasteiger partial charge in [-0.15, -0.1) is 0 Å². The molecule has 3 rings (SSSR count). The van der Waals surface area contributed by atoms with Gasteiger partial charge in [-0.2, -0.15) is 0 Å². The molecule has 0 fully saturated rings. The van der Waals surface area contributed by atoms with Crippen molar-refractivity contribution in [1.29, 1.82) is 0 Å². The zero-order chi connectivity index (χ0) is 33.9. The third-order valence-corrected chi connectivity index (χ3v) is 7.70. The Hall–Kier alpha value is -4.24. The third-order valence-electron chi connectivity index (χ3n) is 7.39. The van der Waals surface area contributed by atoms with Crippen LogP contribution in [-0.4, -0.2) is 51.2 Å². The number of hydrogen-bond donors (Lipinski definition) is 4. The van der Waals surface area contributed by atoms with Crippen LogP contribution >= 0.6 is 11.6 Å². The number of rotatable bonds is 14. The Morgan fingerprint density at radius 1 is 0.891 bits per heavy atom. The van der Waals surface area contributed by atoms with Crippen LogP contribution in [0, 0.1) is 6.92 Å². The molecule has 0 heterocycles. The lowest BCUT2D eigenvalue weighted by molar-refractivity contribution is -0.140. The van der Waals surface area contributed by atoms with Crippen molar-refractivity contribution in [3.8, 4) is 11.5 Å². The minimum Gasteiger partial charge on any atom is -0.508 e. The Morgan fingerprint density at radius 3 is 2.09 bits per heavy atom. The Morgan fingerprint density at radius 2 is 1.50 bits per heavy atom. The number of amides is 3. The first-order chi connectivity index (χ1) is 21.8. The van der Waals surface area contributed by atoms with E-state index in [1.54, 1.807) is 57.2 Å². The van der Waals surface area contributed by atoms with Gasteiger partial charge >= 0.3 is 6.09 Å². The number of unbranched alkanes of at least 4 members (excludes halogenated alkanes) is 4. The zero-order valence-corrected chi connectivity index (χ0v) is 28.1. The summed E-state index contributed by atoms with van der Waals surface area (Å²) in [5.41, 5.74) is 1.53. The van der Waals surface area contributed by atoms with Crippen molar-refractivity contribution in [2.75, 3.05) is 11.9 Å². The van der Waals surface area contributed by atoms with Crippen molar-refractivity contribution in [2.45, 2.75) is 90.8 Å². The molecule has 3 aromatic carbocycles. The summed E-state index contributed by atoms with van der Waals surface area (Å²) in [4.78, 5) is 43.4. The minimum absolute atomic E-state index is 0.0131. The van der Waals surface area contributed by atoms with Crippen molar-refractivity contribution in [2.24, 2.45) is 0 Å². The number of anilines is 1. The van der Waals surface area contributed by atoms with Crippen molar-refractivity contribution < 1.29 is 29.3 Å². The quantitative estimate of drug-likeness (QED) is 0.132. The van der Waals surface area contributed by atoms with Gasteiger partial charge in [0.1, 0.15) is 29.2 Å². The number of phenolic OH excluding ortho intramolecular Hbond substituents is 2. The number of carbonyl (C=O) groups excluding carboxylic acids is 3. The predicted octanol–water partition coefficient (Wildman–Crippen LogP) is 7.67. The van der Waals surface area contributed by atoms with Crippen LogP contribution in [0.2, 0.25) is 5.02 Å². The van der Waals surface area contributed by atoms with Crippen molar-refractivity contribution in [3.05, 3.63) is 88.4 Å². The predicted molar refractivity (Wildman–Crippen MR) is 181 cm³/mol. The van der Waals surface area contributed by atoms with Crippen LogP contribution < -0.4 is 10.6 Å². The second-order valence-corrected chi connectivity index (χ2v) is 12.8. The van der Waals surface area contributed by atoms with E-state index >= 15 is 0 Å². The van der Waals surface area contributed by atoms with Gasteiger partial charge in [0, 0.05) is 13.0 Å². The number of aromatic hydroxyl groups is 2. The fourth-order valence-electron chi connectivity index (χ4n) is 5.08. The maximum absolute atomic E-state index is 14.7. The lowest BCUT2D eigenvalue weighted by atomic mass is 9.99. The molecular weight excluding hydrogens is 606 g/mol. The standard InChI is InChI=1S/C36H46ClN3O6/c1-6-7-8-9-10-22-40(34(44)30(38-35(45)46-36(3,4)5)23-25-14-18-27(41)19-15-25)32(26-16-20-28(42)21-17-26)33(43)39-31-24(2)12-11-13-29(31)37/h11-21,30,32,41-42H,6-10,22-23H2,1-5H3,(H,38,45)(H,39,43). The Bertz CT molecular complexity index is 1430. The molecule has 10 heteroatoms. The molecule has 4 N–H and O–H groups in total. The van der Waals surface area contributed by atoms with E-state index in [4.69, 9.17) is 16.3 Å². The number of benzene rings is 3. The second kappa shape index (κ2) is 16.9. The Kier molecular flexibility index (Phi) is 13.3. The number of carbonyl (C=O) groups is 3. The molecule has 46 heavy (non-hydrogen) atoms. The molecule has 3 amide bonds. The van der Waals surface area contributed by atoms with Gasteiger partial charge in [0.2, 0.25) is 5.91 Å². The van der Waals surface area contributed by atoms with E-state index in [0.717, 1.165) is 31.2 Å². The van der Waals surface area contributed by atoms with E-state index in [-0.39, 0.29) is 24.5 Å². The first-order valence-electron chi connectivity index (χ1n) is 15.7. The number of aryl methyl sites for hydroxylation is 1. The van der Waals surface area contributed by atoms with E-state index in [1.807, 2.05) is 13.0 Å². The first-order valence-corrected chi connectivity index (χ1v) is 16.1. The molecule has 0 bridgehead atoms. The van der Waals surface area contributed by atoms with Gasteiger partial charge in [0.15, 0.2) is 0 Å². The van der Waals surface area contributed by atoms with Gasteiger partial charge in [-0.3, -0.25) is 9.59 Å². The first kappa shape index (κ1) is 36.2. The van der Waals surface area contributed by atoms with E-state index in [2.05, 4.69) is 17.6 Å². The van der Waals surface area contributed by atoms with Gasteiger partial charge in [0.05, 0.1) is 10.7 Å². The van der Waals surface area contributed by atoms with Crippen LogP contribution in [0.5, 0.6) is 11.5 Å². The summed E-state index contributed by atoms with van der Waals surface area (Å²) in [6.45, 7) is 9.36. The van der Waals surface area contributed by atoms with Gasteiger partial charge < -0.3 is 30.5 Å². The fraction of sp³-hybridized carbons (Fsp3) is 0.417. The highest BCUT2D eigenvalue weighted by molar-refractivity contribution is 6.34. The van der Waals surface area contributed by atoms with Crippen LogP contribution in [0.3, 0.4) is 0 Å². The normalized spacial score (nSPS) is 12.6. The molecule has 0 aliphatic rings. The molecule has 0 saturated carbocycles. The highest BCUT2D eigenvalue weighted by Crippen LogP contribution is 2.31. The molecule has 0 aliphatic heterocycles. The molecule has 0 aromatic heterocycles. The maximum atomic E-state index is 14.7. The maximum Gasteiger partial charge on any atom is 0.408 e. The van der Waals surface area contributed by atoms with E-state index in [1.165, 1.54) is 29.2 Å². The second-order valence-electron chi connectivity index (χ2n) is 12.4. The summed E-state index contributed by atoms with van der Waals surface area (Å²) < 4.78 is 5.51. The number of halogens is 1. The number of hydrogen-bond acceptors (Lipinski definition) is 6. The monoisotopic (exact) mass is 651 g/mol. The average Bonchev–Trinajstić information content (AvgIpc) is 2.98. The lowest BCUT2D eigenvalue weighted by Crippen LogP contribution is -2.53. The highest BCUT2D eigenvalue weighted by Gasteiger charge is 2.36.